The van der Waals surface area contributed by atoms with E-state index in [0.29, 0.717) is 6.54 Å². The predicted molar refractivity (Wildman–Crippen MR) is 79.3 cm³/mol. The molecular formula is C14H24N4O4. The number of rotatable bonds is 7. The van der Waals surface area contributed by atoms with Crippen LogP contribution in [0.2, 0.25) is 0 Å². The first-order chi connectivity index (χ1) is 10.6. The van der Waals surface area contributed by atoms with E-state index in [2.05, 4.69) is 15.2 Å². The predicted octanol–water partition coefficient (Wildman–Crippen LogP) is -0.493. The molecule has 1 aliphatic heterocycles. The molecule has 0 saturated carbocycles. The molecule has 1 aliphatic rings. The summed E-state index contributed by atoms with van der Waals surface area (Å²) in [5.74, 6) is -0.136. The van der Waals surface area contributed by atoms with E-state index in [1.807, 2.05) is 0 Å². The zero-order chi connectivity index (χ0) is 15.9. The molecule has 1 saturated heterocycles. The first kappa shape index (κ1) is 16.9. The minimum Gasteiger partial charge on any atom is -0.446 e. The summed E-state index contributed by atoms with van der Waals surface area (Å²) in [6.07, 6.45) is 1.33. The lowest BCUT2D eigenvalue weighted by Gasteiger charge is -2.26. The van der Waals surface area contributed by atoms with E-state index in [4.69, 9.17) is 14.9 Å². The molecule has 0 aromatic carbocycles. The van der Waals surface area contributed by atoms with Crippen LogP contribution in [-0.4, -0.2) is 66.4 Å². The maximum Gasteiger partial charge on any atom is 0.273 e. The summed E-state index contributed by atoms with van der Waals surface area (Å²) in [7, 11) is 0. The summed E-state index contributed by atoms with van der Waals surface area (Å²) in [5.41, 5.74) is 5.88. The van der Waals surface area contributed by atoms with Crippen LogP contribution in [0.15, 0.2) is 10.7 Å². The quantitative estimate of drug-likeness (QED) is 0.582. The minimum atomic E-state index is -0.789. The van der Waals surface area contributed by atoms with Crippen molar-refractivity contribution in [2.24, 2.45) is 5.73 Å². The van der Waals surface area contributed by atoms with Crippen LogP contribution in [0.25, 0.3) is 0 Å². The second kappa shape index (κ2) is 8.23. The third kappa shape index (κ3) is 4.77. The number of aliphatic hydroxyl groups excluding tert-OH is 1. The molecule has 2 atom stereocenters. The van der Waals surface area contributed by atoms with Gasteiger partial charge in [-0.25, -0.2) is 4.98 Å². The summed E-state index contributed by atoms with van der Waals surface area (Å²) >= 11 is 0. The lowest BCUT2D eigenvalue weighted by atomic mass is 10.2. The Morgan fingerprint density at radius 2 is 2.27 bits per heavy atom. The second-order valence-corrected chi connectivity index (χ2v) is 5.40. The molecule has 0 bridgehead atoms. The Hall–Kier alpha value is -1.48. The van der Waals surface area contributed by atoms with Gasteiger partial charge in [0.15, 0.2) is 5.69 Å². The van der Waals surface area contributed by atoms with E-state index >= 15 is 0 Å². The number of carbonyl (C=O) groups excluding carboxylic acids is 1. The van der Waals surface area contributed by atoms with Crippen molar-refractivity contribution in [3.05, 3.63) is 17.8 Å². The highest BCUT2D eigenvalue weighted by Gasteiger charge is 2.20. The molecule has 4 N–H and O–H groups in total. The highest BCUT2D eigenvalue weighted by Crippen LogP contribution is 2.13. The zero-order valence-corrected chi connectivity index (χ0v) is 12.8. The minimum absolute atomic E-state index is 0.161. The molecule has 2 heterocycles. The molecule has 1 fully saturated rings. The molecule has 8 heteroatoms. The maximum absolute atomic E-state index is 11.9. The number of hydrogen-bond donors (Lipinski definition) is 3. The molecule has 0 spiro atoms. The summed E-state index contributed by atoms with van der Waals surface area (Å²) in [6, 6.07) is -0.733. The van der Waals surface area contributed by atoms with E-state index < -0.39 is 12.1 Å². The molecule has 22 heavy (non-hydrogen) atoms. The fourth-order valence-electron chi connectivity index (χ4n) is 2.17. The van der Waals surface area contributed by atoms with E-state index in [1.54, 1.807) is 6.92 Å². The maximum atomic E-state index is 11.9. The molecule has 0 radical (unpaired) electrons. The van der Waals surface area contributed by atoms with Crippen molar-refractivity contribution in [1.29, 1.82) is 0 Å². The Bertz CT molecular complexity index is 471. The highest BCUT2D eigenvalue weighted by molar-refractivity contribution is 5.91. The van der Waals surface area contributed by atoms with E-state index in [9.17, 15) is 9.90 Å². The Balaban J connectivity index is 1.70. The van der Waals surface area contributed by atoms with E-state index in [-0.39, 0.29) is 17.5 Å². The van der Waals surface area contributed by atoms with Gasteiger partial charge in [0, 0.05) is 19.6 Å². The van der Waals surface area contributed by atoms with Crippen molar-refractivity contribution in [3.8, 4) is 0 Å². The molecule has 2 rings (SSSR count). The molecule has 124 valence electrons. The molecule has 1 aromatic rings. The van der Waals surface area contributed by atoms with E-state index in [1.165, 1.54) is 6.26 Å². The van der Waals surface area contributed by atoms with Crippen molar-refractivity contribution in [3.63, 3.8) is 0 Å². The number of carbonyl (C=O) groups is 1. The van der Waals surface area contributed by atoms with Crippen LogP contribution in [-0.2, 0) is 4.74 Å². The van der Waals surface area contributed by atoms with Crippen molar-refractivity contribution in [2.75, 3.05) is 39.4 Å². The third-order valence-electron chi connectivity index (χ3n) is 3.60. The van der Waals surface area contributed by atoms with Gasteiger partial charge in [-0.3, -0.25) is 9.69 Å². The van der Waals surface area contributed by atoms with Gasteiger partial charge in [0.05, 0.1) is 19.3 Å². The number of oxazole rings is 1. The summed E-state index contributed by atoms with van der Waals surface area (Å²) in [5, 5.41) is 12.2. The summed E-state index contributed by atoms with van der Waals surface area (Å²) in [4.78, 5) is 18.3. The molecule has 2 unspecified atom stereocenters. The van der Waals surface area contributed by atoms with Crippen LogP contribution in [0.5, 0.6) is 0 Å². The van der Waals surface area contributed by atoms with Gasteiger partial charge >= 0.3 is 0 Å². The van der Waals surface area contributed by atoms with Crippen LogP contribution in [0.3, 0.4) is 0 Å². The van der Waals surface area contributed by atoms with Gasteiger partial charge in [0.25, 0.3) is 5.91 Å². The lowest BCUT2D eigenvalue weighted by Crippen LogP contribution is -2.38. The second-order valence-electron chi connectivity index (χ2n) is 5.40. The fraction of sp³-hybridized carbons (Fsp3) is 0.714. The number of ether oxygens (including phenoxy) is 1. The molecule has 8 nitrogen and oxygen atoms in total. The van der Waals surface area contributed by atoms with Crippen LogP contribution < -0.4 is 11.1 Å². The van der Waals surface area contributed by atoms with E-state index in [0.717, 1.165) is 39.3 Å². The van der Waals surface area contributed by atoms with Crippen molar-refractivity contribution in [2.45, 2.75) is 25.5 Å². The first-order valence-electron chi connectivity index (χ1n) is 7.55. The Morgan fingerprint density at radius 3 is 2.95 bits per heavy atom. The highest BCUT2D eigenvalue weighted by atomic mass is 16.5. The molecular weight excluding hydrogens is 288 g/mol. The van der Waals surface area contributed by atoms with Crippen molar-refractivity contribution < 1.29 is 19.1 Å². The molecule has 0 aliphatic carbocycles. The number of nitrogens with one attached hydrogen (secondary N) is 1. The Labute approximate surface area is 129 Å². The summed E-state index contributed by atoms with van der Waals surface area (Å²) < 4.78 is 10.4. The fourth-order valence-corrected chi connectivity index (χ4v) is 2.17. The number of morpholine rings is 1. The zero-order valence-electron chi connectivity index (χ0n) is 12.8. The summed E-state index contributed by atoms with van der Waals surface area (Å²) in [6.45, 7) is 6.48. The van der Waals surface area contributed by atoms with Gasteiger partial charge in [0.1, 0.15) is 12.3 Å². The number of amides is 1. The largest absolute Gasteiger partial charge is 0.446 e. The van der Waals surface area contributed by atoms with Gasteiger partial charge in [-0.05, 0) is 19.9 Å². The molecule has 1 amide bonds. The number of nitrogens with zero attached hydrogens (tertiary/aromatic N) is 2. The van der Waals surface area contributed by atoms with Crippen LogP contribution in [0, 0.1) is 0 Å². The standard InChI is InChI=1S/C14H24N4O4/c1-10(19)12(15)14-17-11(9-22-14)13(20)16-3-2-4-18-5-7-21-8-6-18/h9-10,12,19H,2-8,15H2,1H3,(H,16,20). The van der Waals surface area contributed by atoms with Crippen LogP contribution in [0.4, 0.5) is 0 Å². The Kier molecular flexibility index (Phi) is 6.32. The monoisotopic (exact) mass is 312 g/mol. The van der Waals surface area contributed by atoms with Crippen LogP contribution in [0.1, 0.15) is 35.8 Å². The third-order valence-corrected chi connectivity index (χ3v) is 3.60. The van der Waals surface area contributed by atoms with Gasteiger partial charge < -0.3 is 25.3 Å². The number of aliphatic hydroxyl groups is 1. The smallest absolute Gasteiger partial charge is 0.273 e. The van der Waals surface area contributed by atoms with Gasteiger partial charge in [0.2, 0.25) is 5.89 Å². The average molecular weight is 312 g/mol. The normalized spacial score (nSPS) is 18.9. The lowest BCUT2D eigenvalue weighted by molar-refractivity contribution is 0.0374. The van der Waals surface area contributed by atoms with Gasteiger partial charge in [-0.15, -0.1) is 0 Å². The van der Waals surface area contributed by atoms with Crippen molar-refractivity contribution >= 4 is 5.91 Å². The number of aromatic nitrogens is 1. The Morgan fingerprint density at radius 1 is 1.55 bits per heavy atom. The number of nitrogens with two attached hydrogens (primary N) is 1. The number of hydrogen-bond acceptors (Lipinski definition) is 7. The first-order valence-corrected chi connectivity index (χ1v) is 7.55. The molecule has 1 aromatic heterocycles. The topological polar surface area (TPSA) is 114 Å². The SMILES string of the molecule is CC(O)C(N)c1nc(C(=O)NCCCN2CCOCC2)co1. The van der Waals surface area contributed by atoms with Gasteiger partial charge in [-0.1, -0.05) is 0 Å². The van der Waals surface area contributed by atoms with Crippen LogP contribution >= 0.6 is 0 Å². The van der Waals surface area contributed by atoms with Gasteiger partial charge in [-0.2, -0.15) is 0 Å². The average Bonchev–Trinajstić information content (AvgIpc) is 3.01. The van der Waals surface area contributed by atoms with Crippen molar-refractivity contribution in [1.82, 2.24) is 15.2 Å².